The third kappa shape index (κ3) is 4.70. The number of fused-ring (bicyclic) bond motifs is 6. The van der Waals surface area contributed by atoms with E-state index >= 15 is 0 Å². The molecule has 0 radical (unpaired) electrons. The Labute approximate surface area is 293 Å². The van der Waals surface area contributed by atoms with Gasteiger partial charge in [-0.25, -0.2) is 0 Å². The van der Waals surface area contributed by atoms with E-state index < -0.39 is 0 Å². The highest BCUT2D eigenvalue weighted by atomic mass is 15.0. The summed E-state index contributed by atoms with van der Waals surface area (Å²) in [4.78, 5) is 0. The molecule has 0 amide bonds. The van der Waals surface area contributed by atoms with E-state index in [1.165, 1.54) is 88.4 Å². The lowest BCUT2D eigenvalue weighted by Crippen LogP contribution is -2.03. The first kappa shape index (κ1) is 29.1. The number of para-hydroxylation sites is 3. The van der Waals surface area contributed by atoms with Crippen molar-refractivity contribution in [3.63, 3.8) is 0 Å². The largest absolute Gasteiger partial charge is 0.313 e. The molecule has 0 atom stereocenters. The molecule has 0 saturated carbocycles. The molecule has 0 N–H and O–H groups in total. The van der Waals surface area contributed by atoms with Crippen molar-refractivity contribution in [3.8, 4) is 16.8 Å². The van der Waals surface area contributed by atoms with Crippen molar-refractivity contribution in [1.29, 1.82) is 0 Å². The Kier molecular flexibility index (Phi) is 6.94. The summed E-state index contributed by atoms with van der Waals surface area (Å²) in [6.45, 7) is 0. The van der Waals surface area contributed by atoms with Crippen molar-refractivity contribution in [3.05, 3.63) is 175 Å². The van der Waals surface area contributed by atoms with Gasteiger partial charge in [0.25, 0.3) is 0 Å². The fraction of sp³-hybridized carbons (Fsp3) is 0.125. The van der Waals surface area contributed by atoms with Gasteiger partial charge in [0.1, 0.15) is 0 Å². The molecule has 3 aliphatic carbocycles. The van der Waals surface area contributed by atoms with Gasteiger partial charge in [-0.1, -0.05) is 109 Å². The highest BCUT2D eigenvalue weighted by Crippen LogP contribution is 2.41. The molecular formula is C48H38N2. The molecule has 2 nitrogen and oxygen atoms in total. The third-order valence-corrected chi connectivity index (χ3v) is 11.0. The maximum absolute atomic E-state index is 2.50. The van der Waals surface area contributed by atoms with E-state index in [4.69, 9.17) is 0 Å². The van der Waals surface area contributed by atoms with Crippen LogP contribution >= 0.6 is 0 Å². The van der Waals surface area contributed by atoms with Crippen molar-refractivity contribution in [2.75, 3.05) is 0 Å². The van der Waals surface area contributed by atoms with E-state index in [9.17, 15) is 0 Å². The first-order chi connectivity index (χ1) is 24.8. The maximum Gasteiger partial charge on any atom is 0.0541 e. The van der Waals surface area contributed by atoms with Crippen LogP contribution in [0.2, 0.25) is 0 Å². The zero-order valence-corrected chi connectivity index (χ0v) is 28.1. The Morgan fingerprint density at radius 1 is 0.400 bits per heavy atom. The van der Waals surface area contributed by atoms with Gasteiger partial charge in [-0.05, 0) is 115 Å². The lowest BCUT2D eigenvalue weighted by molar-refractivity contribution is 0.885. The number of hydrogen-bond donors (Lipinski definition) is 0. The van der Waals surface area contributed by atoms with Crippen molar-refractivity contribution in [1.82, 2.24) is 9.13 Å². The molecule has 0 fully saturated rings. The average Bonchev–Trinajstić information content (AvgIpc) is 3.71. The molecule has 0 saturated heterocycles. The Hall–Kier alpha value is -5.86. The van der Waals surface area contributed by atoms with Crippen molar-refractivity contribution < 1.29 is 0 Å². The Balaban J connectivity index is 1.10. The van der Waals surface area contributed by atoms with Crippen molar-refractivity contribution >= 4 is 54.9 Å². The van der Waals surface area contributed by atoms with Gasteiger partial charge in [0.2, 0.25) is 0 Å². The second-order valence-electron chi connectivity index (χ2n) is 13.9. The second-order valence-corrected chi connectivity index (χ2v) is 13.9. The minimum absolute atomic E-state index is 1.04. The first-order valence-corrected chi connectivity index (χ1v) is 18.1. The van der Waals surface area contributed by atoms with Gasteiger partial charge in [-0.15, -0.1) is 0 Å². The first-order valence-electron chi connectivity index (χ1n) is 18.1. The lowest BCUT2D eigenvalue weighted by Gasteiger charge is -2.20. The van der Waals surface area contributed by atoms with Crippen molar-refractivity contribution in [2.24, 2.45) is 0 Å². The average molecular weight is 643 g/mol. The van der Waals surface area contributed by atoms with Gasteiger partial charge in [-0.2, -0.15) is 0 Å². The molecular weight excluding hydrogens is 605 g/mol. The molecule has 10 rings (SSSR count). The Bertz CT molecular complexity index is 2690. The summed E-state index contributed by atoms with van der Waals surface area (Å²) in [5.74, 6) is 0. The van der Waals surface area contributed by atoms with Gasteiger partial charge in [0, 0.05) is 32.8 Å². The van der Waals surface area contributed by atoms with E-state index in [2.05, 4.69) is 167 Å². The van der Waals surface area contributed by atoms with Gasteiger partial charge < -0.3 is 9.13 Å². The summed E-state index contributed by atoms with van der Waals surface area (Å²) in [5, 5.41) is 5.18. The monoisotopic (exact) mass is 642 g/mol. The minimum Gasteiger partial charge on any atom is -0.313 e. The van der Waals surface area contributed by atoms with Crippen LogP contribution in [0.4, 0.5) is 0 Å². The smallest absolute Gasteiger partial charge is 0.0541 e. The maximum atomic E-state index is 2.50. The Morgan fingerprint density at radius 3 is 1.60 bits per heavy atom. The van der Waals surface area contributed by atoms with Crippen LogP contribution in [0.15, 0.2) is 169 Å². The second kappa shape index (κ2) is 11.9. The summed E-state index contributed by atoms with van der Waals surface area (Å²) in [5.41, 5.74) is 15.8. The van der Waals surface area contributed by atoms with E-state index in [1.807, 2.05) is 0 Å². The quantitative estimate of drug-likeness (QED) is 0.177. The van der Waals surface area contributed by atoms with Gasteiger partial charge >= 0.3 is 0 Å². The zero-order valence-electron chi connectivity index (χ0n) is 28.1. The van der Waals surface area contributed by atoms with E-state index in [0.29, 0.717) is 0 Å². The molecule has 50 heavy (non-hydrogen) atoms. The number of rotatable bonds is 5. The number of nitrogens with zero attached hydrogens (tertiary/aromatic N) is 2. The highest BCUT2D eigenvalue weighted by Gasteiger charge is 2.20. The summed E-state index contributed by atoms with van der Waals surface area (Å²) in [6, 6.07) is 40.8. The van der Waals surface area contributed by atoms with Crippen LogP contribution in [0, 0.1) is 0 Å². The fourth-order valence-corrected chi connectivity index (χ4v) is 8.59. The molecule has 0 aliphatic heterocycles. The van der Waals surface area contributed by atoms with E-state index in [-0.39, 0.29) is 0 Å². The molecule has 0 spiro atoms. The standard InChI is InChI=1S/C48H38N2/c1-3-13-33(14-4-1)34-23-27-38(28-24-34)49-45-21-11-8-18-40(45)42-31-36(25-29-47(42)49)37-26-30-48-43(32-37)41-19-9-12-22-46(41)50(48)44-20-10-7-17-39(44)35-15-5-2-6-16-35/h1-3,5,7-13,15,17-23,25-27,29-32H,4,6,14,16,24,28H2. The predicted octanol–water partition coefficient (Wildman–Crippen LogP) is 13.1. The van der Waals surface area contributed by atoms with Crippen LogP contribution in [0.25, 0.3) is 71.7 Å². The number of hydrogen-bond acceptors (Lipinski definition) is 0. The fourth-order valence-electron chi connectivity index (χ4n) is 8.59. The molecule has 2 heterocycles. The summed E-state index contributed by atoms with van der Waals surface area (Å²) >= 11 is 0. The highest BCUT2D eigenvalue weighted by molar-refractivity contribution is 6.13. The number of allylic oxidation sites excluding steroid dienone is 12. The summed E-state index contributed by atoms with van der Waals surface area (Å²) in [6.07, 6.45) is 24.9. The molecule has 0 bridgehead atoms. The molecule has 2 aromatic heterocycles. The third-order valence-electron chi connectivity index (χ3n) is 11.0. The molecule has 5 aromatic carbocycles. The Morgan fingerprint density at radius 2 is 0.960 bits per heavy atom. The van der Waals surface area contributed by atoms with Crippen LogP contribution in [0.1, 0.15) is 44.1 Å². The molecule has 0 unspecified atom stereocenters. The van der Waals surface area contributed by atoms with Crippen LogP contribution in [-0.4, -0.2) is 9.13 Å². The van der Waals surface area contributed by atoms with Crippen LogP contribution < -0.4 is 0 Å². The summed E-state index contributed by atoms with van der Waals surface area (Å²) < 4.78 is 4.97. The van der Waals surface area contributed by atoms with Crippen LogP contribution in [0.3, 0.4) is 0 Å². The molecule has 7 aromatic rings. The van der Waals surface area contributed by atoms with Crippen LogP contribution in [-0.2, 0) is 0 Å². The predicted molar refractivity (Wildman–Crippen MR) is 214 cm³/mol. The van der Waals surface area contributed by atoms with Gasteiger partial charge in [0.15, 0.2) is 0 Å². The van der Waals surface area contributed by atoms with Crippen molar-refractivity contribution in [2.45, 2.75) is 38.5 Å². The molecule has 3 aliphatic rings. The van der Waals surface area contributed by atoms with Gasteiger partial charge in [0.05, 0.1) is 27.8 Å². The molecule has 240 valence electrons. The number of benzene rings is 5. The SMILES string of the molecule is C1=CCCC(C2=CC=C(n3c4ccccc4c4cc(-c5ccc6c(c5)c5ccccc5n6-c5ccccc5C5=CC=CCC5)ccc43)CC2)=C1. The lowest BCUT2D eigenvalue weighted by atomic mass is 9.90. The normalized spacial score (nSPS) is 16.2. The topological polar surface area (TPSA) is 9.86 Å². The van der Waals surface area contributed by atoms with E-state index in [1.54, 1.807) is 0 Å². The van der Waals surface area contributed by atoms with Crippen LogP contribution in [0.5, 0.6) is 0 Å². The van der Waals surface area contributed by atoms with Gasteiger partial charge in [-0.3, -0.25) is 0 Å². The number of aromatic nitrogens is 2. The molecule has 2 heteroatoms. The zero-order chi connectivity index (χ0) is 33.0. The minimum atomic E-state index is 1.04. The van der Waals surface area contributed by atoms with E-state index in [0.717, 1.165) is 38.5 Å². The summed E-state index contributed by atoms with van der Waals surface area (Å²) in [7, 11) is 0.